The van der Waals surface area contributed by atoms with Crippen LogP contribution in [0.3, 0.4) is 0 Å². The summed E-state index contributed by atoms with van der Waals surface area (Å²) in [6.07, 6.45) is 6.77. The van der Waals surface area contributed by atoms with Crippen LogP contribution in [0.2, 0.25) is 0 Å². The largest absolute Gasteiger partial charge is 0.465 e. The number of fused-ring (bicyclic) bond motifs is 2. The predicted octanol–water partition coefficient (Wildman–Crippen LogP) is 5.22. The molecule has 25 heavy (non-hydrogen) atoms. The summed E-state index contributed by atoms with van der Waals surface area (Å²) in [5.41, 5.74) is 1.60. The molecule has 0 aliphatic carbocycles. The number of esters is 1. The Morgan fingerprint density at radius 2 is 2.04 bits per heavy atom. The van der Waals surface area contributed by atoms with Crippen molar-refractivity contribution < 1.29 is 18.7 Å². The van der Waals surface area contributed by atoms with Gasteiger partial charge in [-0.1, -0.05) is 32.4 Å². The normalized spacial score (nSPS) is 22.6. The molecule has 0 spiro atoms. The molecule has 0 aromatic carbocycles. The van der Waals surface area contributed by atoms with Gasteiger partial charge in [0, 0.05) is 12.3 Å². The summed E-state index contributed by atoms with van der Waals surface area (Å²) < 4.78 is 10.7. The molecule has 4 nitrogen and oxygen atoms in total. The van der Waals surface area contributed by atoms with Gasteiger partial charge in [0.1, 0.15) is 11.3 Å². The molecule has 0 radical (unpaired) electrons. The molecule has 0 N–H and O–H groups in total. The molecule has 4 heteroatoms. The predicted molar refractivity (Wildman–Crippen MR) is 97.8 cm³/mol. The van der Waals surface area contributed by atoms with Crippen LogP contribution in [0.5, 0.6) is 0 Å². The van der Waals surface area contributed by atoms with Crippen LogP contribution in [-0.2, 0) is 11.2 Å². The minimum absolute atomic E-state index is 0.0821. The molecule has 0 unspecified atom stereocenters. The number of carbonyl (C=O) groups is 2. The number of hydrogen-bond acceptors (Lipinski definition) is 4. The van der Waals surface area contributed by atoms with Gasteiger partial charge in [0.05, 0.1) is 7.11 Å². The molecule has 1 aromatic rings. The van der Waals surface area contributed by atoms with Gasteiger partial charge in [0.2, 0.25) is 5.78 Å². The van der Waals surface area contributed by atoms with Crippen molar-refractivity contribution in [3.05, 3.63) is 34.8 Å². The summed E-state index contributed by atoms with van der Waals surface area (Å²) in [5, 5.41) is 0. The first-order valence-electron chi connectivity index (χ1n) is 9.24. The number of rotatable bonds is 2. The first kappa shape index (κ1) is 19.5. The van der Waals surface area contributed by atoms with Crippen molar-refractivity contribution >= 4 is 11.8 Å². The van der Waals surface area contributed by atoms with E-state index in [1.807, 2.05) is 13.8 Å². The fraction of sp³-hybridized carbons (Fsp3) is 0.619. The fourth-order valence-corrected chi connectivity index (χ4v) is 3.47. The zero-order chi connectivity index (χ0) is 18.6. The Bertz CT molecular complexity index is 651. The molecule has 2 heterocycles. The van der Waals surface area contributed by atoms with Crippen LogP contribution in [0.1, 0.15) is 80.1 Å². The lowest BCUT2D eigenvalue weighted by Crippen LogP contribution is -2.22. The maximum Gasteiger partial charge on any atom is 0.341 e. The van der Waals surface area contributed by atoms with Gasteiger partial charge in [-0.3, -0.25) is 4.79 Å². The Morgan fingerprint density at radius 1 is 1.32 bits per heavy atom. The van der Waals surface area contributed by atoms with Gasteiger partial charge < -0.3 is 9.15 Å². The summed E-state index contributed by atoms with van der Waals surface area (Å²) >= 11 is 0. The van der Waals surface area contributed by atoms with Gasteiger partial charge >= 0.3 is 5.97 Å². The lowest BCUT2D eigenvalue weighted by Gasteiger charge is -2.19. The minimum atomic E-state index is -0.503. The lowest BCUT2D eigenvalue weighted by atomic mass is 9.84. The highest BCUT2D eigenvalue weighted by Gasteiger charge is 2.31. The zero-order valence-corrected chi connectivity index (χ0v) is 16.1. The van der Waals surface area contributed by atoms with Crippen molar-refractivity contribution in [2.75, 3.05) is 7.11 Å². The van der Waals surface area contributed by atoms with E-state index in [1.54, 1.807) is 6.07 Å². The summed E-state index contributed by atoms with van der Waals surface area (Å²) in [6, 6.07) is 1.69. The summed E-state index contributed by atoms with van der Waals surface area (Å²) in [7, 11) is 1.33. The molecule has 0 saturated heterocycles. The number of hydrogen-bond donors (Lipinski definition) is 0. The fourth-order valence-electron chi connectivity index (χ4n) is 3.47. The number of methoxy groups -OCH3 is 1. The summed E-state index contributed by atoms with van der Waals surface area (Å²) in [4.78, 5) is 25.3. The van der Waals surface area contributed by atoms with Crippen LogP contribution in [0.15, 0.2) is 22.1 Å². The highest BCUT2D eigenvalue weighted by Crippen LogP contribution is 2.30. The quantitative estimate of drug-likeness (QED) is 0.544. The van der Waals surface area contributed by atoms with Crippen LogP contribution in [0.4, 0.5) is 0 Å². The number of ketones is 1. The summed E-state index contributed by atoms with van der Waals surface area (Å²) in [5.74, 6) is 0.725. The van der Waals surface area contributed by atoms with Crippen LogP contribution in [-0.4, -0.2) is 18.9 Å². The van der Waals surface area contributed by atoms with E-state index in [2.05, 4.69) is 19.9 Å². The SMILES string of the molecule is COC(=O)c1cc2oc1C(=O)[C@@H](C(C)C)CCC(C)=CCC[C@H](C)C2. The van der Waals surface area contributed by atoms with Gasteiger partial charge in [0.15, 0.2) is 5.76 Å². The van der Waals surface area contributed by atoms with E-state index >= 15 is 0 Å². The van der Waals surface area contributed by atoms with Gasteiger partial charge in [-0.25, -0.2) is 4.79 Å². The maximum absolute atomic E-state index is 13.1. The standard InChI is InChI=1S/C21H30O4/c1-13(2)17-10-9-14(3)7-6-8-15(4)11-16-12-18(21(23)24-5)20(25-16)19(17)22/h7,12-13,15,17H,6,8-11H2,1-5H3/t15-,17+/m0/s1. The number of furan rings is 1. The van der Waals surface area contributed by atoms with Gasteiger partial charge in [0.25, 0.3) is 0 Å². The smallest absolute Gasteiger partial charge is 0.341 e. The molecule has 138 valence electrons. The van der Waals surface area contributed by atoms with Crippen LogP contribution in [0.25, 0.3) is 0 Å². The van der Waals surface area contributed by atoms with Crippen LogP contribution < -0.4 is 0 Å². The second-order valence-electron chi connectivity index (χ2n) is 7.64. The first-order chi connectivity index (χ1) is 11.8. The molecule has 0 fully saturated rings. The van der Waals surface area contributed by atoms with E-state index in [4.69, 9.17) is 9.15 Å². The average molecular weight is 346 g/mol. The van der Waals surface area contributed by atoms with E-state index in [9.17, 15) is 9.59 Å². The van der Waals surface area contributed by atoms with Crippen molar-refractivity contribution in [3.8, 4) is 0 Å². The Kier molecular flexibility index (Phi) is 6.63. The minimum Gasteiger partial charge on any atom is -0.465 e. The molecule has 2 rings (SSSR count). The van der Waals surface area contributed by atoms with Crippen LogP contribution >= 0.6 is 0 Å². The monoisotopic (exact) mass is 346 g/mol. The third-order valence-corrected chi connectivity index (χ3v) is 5.11. The van der Waals surface area contributed by atoms with Crippen molar-refractivity contribution in [1.82, 2.24) is 0 Å². The van der Waals surface area contributed by atoms with E-state index < -0.39 is 5.97 Å². The van der Waals surface area contributed by atoms with E-state index in [0.717, 1.165) is 32.1 Å². The van der Waals surface area contributed by atoms with Crippen molar-refractivity contribution in [1.29, 1.82) is 0 Å². The number of allylic oxidation sites excluding steroid dienone is 2. The molecule has 0 saturated carbocycles. The van der Waals surface area contributed by atoms with Crippen LogP contribution in [0, 0.1) is 17.8 Å². The topological polar surface area (TPSA) is 56.5 Å². The molecule has 0 amide bonds. The molecular formula is C21H30O4. The van der Waals surface area contributed by atoms with Crippen molar-refractivity contribution in [3.63, 3.8) is 0 Å². The third-order valence-electron chi connectivity index (χ3n) is 5.11. The molecule has 2 atom stereocenters. The molecule has 2 bridgehead atoms. The maximum atomic E-state index is 13.1. The highest BCUT2D eigenvalue weighted by atomic mass is 16.5. The molecular weight excluding hydrogens is 316 g/mol. The first-order valence-corrected chi connectivity index (χ1v) is 9.24. The van der Waals surface area contributed by atoms with Gasteiger partial charge in [-0.15, -0.1) is 0 Å². The van der Waals surface area contributed by atoms with E-state index in [-0.39, 0.29) is 28.9 Å². The number of Topliss-reactive ketones (excluding diaryl/α,β-unsaturated/α-hetero) is 1. The Labute approximate surface area is 150 Å². The molecule has 1 aliphatic heterocycles. The lowest BCUT2D eigenvalue weighted by molar-refractivity contribution is 0.0592. The second-order valence-corrected chi connectivity index (χ2v) is 7.64. The van der Waals surface area contributed by atoms with Crippen molar-refractivity contribution in [2.24, 2.45) is 17.8 Å². The van der Waals surface area contributed by atoms with Gasteiger partial charge in [-0.2, -0.15) is 0 Å². The zero-order valence-electron chi connectivity index (χ0n) is 16.1. The third kappa shape index (κ3) is 4.83. The number of carbonyl (C=O) groups excluding carboxylic acids is 2. The number of ether oxygens (including phenoxy) is 1. The summed E-state index contributed by atoms with van der Waals surface area (Å²) in [6.45, 7) is 8.39. The highest BCUT2D eigenvalue weighted by molar-refractivity contribution is 6.05. The Morgan fingerprint density at radius 3 is 2.68 bits per heavy atom. The Balaban J connectivity index is 2.45. The molecule has 1 aliphatic rings. The average Bonchev–Trinajstić information content (AvgIpc) is 2.96. The Hall–Kier alpha value is -1.84. The van der Waals surface area contributed by atoms with Gasteiger partial charge in [-0.05, 0) is 50.5 Å². The second kappa shape index (κ2) is 8.50. The van der Waals surface area contributed by atoms with E-state index in [0.29, 0.717) is 11.7 Å². The molecule has 1 aromatic heterocycles. The van der Waals surface area contributed by atoms with Crippen molar-refractivity contribution in [2.45, 2.75) is 59.8 Å². The van der Waals surface area contributed by atoms with E-state index in [1.165, 1.54) is 12.7 Å².